The SMILES string of the molecule is O=CCC1=Cc2cccc(F)c2C1. The Morgan fingerprint density at radius 3 is 3.00 bits per heavy atom. The van der Waals surface area contributed by atoms with Crippen LogP contribution in [-0.2, 0) is 11.2 Å². The number of hydrogen-bond acceptors (Lipinski definition) is 1. The fourth-order valence-electron chi connectivity index (χ4n) is 1.63. The van der Waals surface area contributed by atoms with Crippen LogP contribution in [-0.4, -0.2) is 6.29 Å². The first-order valence-electron chi connectivity index (χ1n) is 4.21. The van der Waals surface area contributed by atoms with E-state index < -0.39 is 0 Å². The summed E-state index contributed by atoms with van der Waals surface area (Å²) >= 11 is 0. The zero-order valence-corrected chi connectivity index (χ0v) is 7.09. The van der Waals surface area contributed by atoms with Crippen molar-refractivity contribution in [3.63, 3.8) is 0 Å². The van der Waals surface area contributed by atoms with Gasteiger partial charge in [0, 0.05) is 6.42 Å². The highest BCUT2D eigenvalue weighted by Crippen LogP contribution is 2.27. The summed E-state index contributed by atoms with van der Waals surface area (Å²) in [7, 11) is 0. The summed E-state index contributed by atoms with van der Waals surface area (Å²) in [5.74, 6) is -0.172. The topological polar surface area (TPSA) is 17.1 Å². The number of carbonyl (C=O) groups is 1. The second kappa shape index (κ2) is 3.13. The molecule has 1 nitrogen and oxygen atoms in total. The molecule has 0 saturated heterocycles. The first-order chi connectivity index (χ1) is 6.31. The Morgan fingerprint density at radius 2 is 2.31 bits per heavy atom. The maximum absolute atomic E-state index is 13.2. The van der Waals surface area contributed by atoms with Crippen molar-refractivity contribution in [2.24, 2.45) is 0 Å². The van der Waals surface area contributed by atoms with Gasteiger partial charge in [0.2, 0.25) is 0 Å². The Balaban J connectivity index is 2.35. The second-order valence-corrected chi connectivity index (χ2v) is 3.16. The number of fused-ring (bicyclic) bond motifs is 1. The summed E-state index contributed by atoms with van der Waals surface area (Å²) in [6.45, 7) is 0. The normalized spacial score (nSPS) is 13.8. The lowest BCUT2D eigenvalue weighted by atomic mass is 10.1. The van der Waals surface area contributed by atoms with Crippen molar-refractivity contribution in [2.45, 2.75) is 12.8 Å². The van der Waals surface area contributed by atoms with Gasteiger partial charge in [0.05, 0.1) is 0 Å². The molecule has 0 amide bonds. The maximum Gasteiger partial charge on any atom is 0.127 e. The summed E-state index contributed by atoms with van der Waals surface area (Å²) in [6.07, 6.45) is 3.75. The lowest BCUT2D eigenvalue weighted by Gasteiger charge is -1.98. The molecule has 0 aromatic heterocycles. The van der Waals surface area contributed by atoms with Gasteiger partial charge in [0.1, 0.15) is 12.1 Å². The Morgan fingerprint density at radius 1 is 1.46 bits per heavy atom. The summed E-state index contributed by atoms with van der Waals surface area (Å²) in [5.41, 5.74) is 2.63. The summed E-state index contributed by atoms with van der Waals surface area (Å²) < 4.78 is 13.2. The zero-order valence-electron chi connectivity index (χ0n) is 7.09. The van der Waals surface area contributed by atoms with Crippen LogP contribution in [0.2, 0.25) is 0 Å². The lowest BCUT2D eigenvalue weighted by Crippen LogP contribution is -1.90. The minimum absolute atomic E-state index is 0.172. The van der Waals surface area contributed by atoms with E-state index in [9.17, 15) is 9.18 Å². The highest BCUT2D eigenvalue weighted by molar-refractivity contribution is 5.69. The van der Waals surface area contributed by atoms with Crippen LogP contribution in [0.4, 0.5) is 4.39 Å². The van der Waals surface area contributed by atoms with Crippen LogP contribution in [0.25, 0.3) is 6.08 Å². The van der Waals surface area contributed by atoms with Crippen molar-refractivity contribution in [2.75, 3.05) is 0 Å². The van der Waals surface area contributed by atoms with Crippen LogP contribution < -0.4 is 0 Å². The summed E-state index contributed by atoms with van der Waals surface area (Å²) in [5, 5.41) is 0. The summed E-state index contributed by atoms with van der Waals surface area (Å²) in [4.78, 5) is 10.3. The van der Waals surface area contributed by atoms with Crippen LogP contribution in [0.15, 0.2) is 23.8 Å². The van der Waals surface area contributed by atoms with Crippen LogP contribution in [0, 0.1) is 5.82 Å². The quantitative estimate of drug-likeness (QED) is 0.632. The van der Waals surface area contributed by atoms with Gasteiger partial charge in [-0.15, -0.1) is 0 Å². The fraction of sp³-hybridized carbons (Fsp3) is 0.182. The van der Waals surface area contributed by atoms with E-state index >= 15 is 0 Å². The average molecular weight is 176 g/mol. The molecule has 0 radical (unpaired) electrons. The molecule has 1 aromatic rings. The van der Waals surface area contributed by atoms with Gasteiger partial charge in [-0.1, -0.05) is 23.8 Å². The van der Waals surface area contributed by atoms with Gasteiger partial charge in [-0.05, 0) is 23.6 Å². The molecule has 13 heavy (non-hydrogen) atoms. The predicted molar refractivity (Wildman–Crippen MR) is 48.8 cm³/mol. The van der Waals surface area contributed by atoms with Crippen LogP contribution >= 0.6 is 0 Å². The number of aldehydes is 1. The van der Waals surface area contributed by atoms with Gasteiger partial charge in [-0.3, -0.25) is 0 Å². The van der Waals surface area contributed by atoms with Crippen molar-refractivity contribution < 1.29 is 9.18 Å². The van der Waals surface area contributed by atoms with E-state index in [0.29, 0.717) is 12.8 Å². The molecule has 0 heterocycles. The molecule has 0 fully saturated rings. The molecular formula is C11H9FO. The van der Waals surface area contributed by atoms with Crippen LogP contribution in [0.5, 0.6) is 0 Å². The van der Waals surface area contributed by atoms with E-state index in [1.54, 1.807) is 6.07 Å². The Kier molecular flexibility index (Phi) is 1.97. The standard InChI is InChI=1S/C11H9FO/c12-11-3-1-2-9-6-8(4-5-13)7-10(9)11/h1-3,5-6H,4,7H2. The third kappa shape index (κ3) is 1.39. The van der Waals surface area contributed by atoms with E-state index in [1.807, 2.05) is 12.1 Å². The van der Waals surface area contributed by atoms with Gasteiger partial charge >= 0.3 is 0 Å². The van der Waals surface area contributed by atoms with Crippen LogP contribution in [0.3, 0.4) is 0 Å². The highest BCUT2D eigenvalue weighted by Gasteiger charge is 2.15. The third-order valence-corrected chi connectivity index (χ3v) is 2.26. The molecule has 1 aliphatic carbocycles. The molecule has 2 heteroatoms. The molecule has 0 unspecified atom stereocenters. The van der Waals surface area contributed by atoms with Gasteiger partial charge in [0.25, 0.3) is 0 Å². The molecule has 1 aromatic carbocycles. The van der Waals surface area contributed by atoms with Crippen molar-refractivity contribution >= 4 is 12.4 Å². The number of carbonyl (C=O) groups excluding carboxylic acids is 1. The monoisotopic (exact) mass is 176 g/mol. The van der Waals surface area contributed by atoms with Gasteiger partial charge in [-0.2, -0.15) is 0 Å². The molecular weight excluding hydrogens is 167 g/mol. The van der Waals surface area contributed by atoms with E-state index in [4.69, 9.17) is 0 Å². The molecule has 0 aliphatic heterocycles. The molecule has 0 N–H and O–H groups in total. The Hall–Kier alpha value is -1.44. The minimum Gasteiger partial charge on any atom is -0.303 e. The van der Waals surface area contributed by atoms with Gasteiger partial charge in [0.15, 0.2) is 0 Å². The average Bonchev–Trinajstić information content (AvgIpc) is 2.49. The van der Waals surface area contributed by atoms with Crippen molar-refractivity contribution in [3.8, 4) is 0 Å². The van der Waals surface area contributed by atoms with E-state index in [1.165, 1.54) is 6.07 Å². The number of benzene rings is 1. The Labute approximate surface area is 75.9 Å². The minimum atomic E-state index is -0.172. The molecule has 66 valence electrons. The Bertz CT molecular complexity index is 380. The molecule has 1 aliphatic rings. The van der Waals surface area contributed by atoms with Gasteiger partial charge in [-0.25, -0.2) is 4.39 Å². The first kappa shape index (κ1) is 8.17. The third-order valence-electron chi connectivity index (χ3n) is 2.26. The smallest absolute Gasteiger partial charge is 0.127 e. The van der Waals surface area contributed by atoms with E-state index in [2.05, 4.69) is 0 Å². The molecule has 0 saturated carbocycles. The fourth-order valence-corrected chi connectivity index (χ4v) is 1.63. The van der Waals surface area contributed by atoms with Gasteiger partial charge < -0.3 is 4.79 Å². The number of halogens is 1. The predicted octanol–water partition coefficient (Wildman–Crippen LogP) is 2.35. The van der Waals surface area contributed by atoms with E-state index in [0.717, 1.165) is 23.0 Å². The lowest BCUT2D eigenvalue weighted by molar-refractivity contribution is -0.107. The molecule has 0 spiro atoms. The first-order valence-corrected chi connectivity index (χ1v) is 4.21. The van der Waals surface area contributed by atoms with Crippen molar-refractivity contribution in [1.82, 2.24) is 0 Å². The second-order valence-electron chi connectivity index (χ2n) is 3.16. The summed E-state index contributed by atoms with van der Waals surface area (Å²) in [6, 6.07) is 5.02. The number of allylic oxidation sites excluding steroid dienone is 1. The number of hydrogen-bond donors (Lipinski definition) is 0. The van der Waals surface area contributed by atoms with Crippen molar-refractivity contribution in [1.29, 1.82) is 0 Å². The largest absolute Gasteiger partial charge is 0.303 e. The highest BCUT2D eigenvalue weighted by atomic mass is 19.1. The molecule has 0 atom stereocenters. The molecule has 0 bridgehead atoms. The zero-order chi connectivity index (χ0) is 9.26. The van der Waals surface area contributed by atoms with E-state index in [-0.39, 0.29) is 5.82 Å². The maximum atomic E-state index is 13.2. The van der Waals surface area contributed by atoms with Crippen molar-refractivity contribution in [3.05, 3.63) is 40.7 Å². The number of rotatable bonds is 2. The molecule has 2 rings (SSSR count). The van der Waals surface area contributed by atoms with Crippen LogP contribution in [0.1, 0.15) is 17.5 Å².